The van der Waals surface area contributed by atoms with Gasteiger partial charge in [-0.2, -0.15) is 0 Å². The Morgan fingerprint density at radius 3 is 2.12 bits per heavy atom. The van der Waals surface area contributed by atoms with Crippen LogP contribution in [0.25, 0.3) is 38.8 Å². The molecule has 0 saturated carbocycles. The first-order chi connectivity index (χ1) is 27.8. The molecule has 0 N–H and O–H groups in total. The van der Waals surface area contributed by atoms with Crippen LogP contribution in [0.3, 0.4) is 0 Å². The molecular formula is C55H58N4Pt. The fraction of sp³-hybridized carbons (Fsp3) is 0.345. The van der Waals surface area contributed by atoms with Crippen LogP contribution >= 0.6 is 0 Å². The van der Waals surface area contributed by atoms with Crippen molar-refractivity contribution in [3.05, 3.63) is 158 Å². The summed E-state index contributed by atoms with van der Waals surface area (Å²) in [6, 6.07) is 35.2. The number of pyridine rings is 1. The van der Waals surface area contributed by atoms with Gasteiger partial charge in [0.05, 0.1) is 16.9 Å². The van der Waals surface area contributed by atoms with Crippen molar-refractivity contribution in [3.8, 4) is 16.9 Å². The Hall–Kier alpha value is -4.79. The maximum absolute atomic E-state index is 5.96. The predicted octanol–water partition coefficient (Wildman–Crippen LogP) is 13.5. The number of aryl methyl sites for hydroxylation is 4. The number of aromatic nitrogens is 2. The number of amidine groups is 1. The van der Waals surface area contributed by atoms with Gasteiger partial charge in [-0.05, 0) is 165 Å². The molecule has 5 aromatic carbocycles. The van der Waals surface area contributed by atoms with Crippen LogP contribution in [-0.2, 0) is 38.4 Å². The van der Waals surface area contributed by atoms with Crippen LogP contribution in [0.2, 0.25) is 0 Å². The van der Waals surface area contributed by atoms with E-state index in [2.05, 4.69) is 191 Å². The molecule has 0 unspecified atom stereocenters. The van der Waals surface area contributed by atoms with Gasteiger partial charge >= 0.3 is 21.1 Å². The second-order valence-corrected chi connectivity index (χ2v) is 19.5. The number of rotatable bonds is 5. The number of hydrogen-bond donors (Lipinski definition) is 0. The van der Waals surface area contributed by atoms with Crippen molar-refractivity contribution >= 4 is 33.3 Å². The molecule has 2 atom stereocenters. The summed E-state index contributed by atoms with van der Waals surface area (Å²) in [5.41, 5.74) is 21.0. The fourth-order valence-corrected chi connectivity index (χ4v) is 10.1. The zero-order valence-electron chi connectivity index (χ0n) is 37.9. The van der Waals surface area contributed by atoms with E-state index < -0.39 is 5.54 Å². The quantitative estimate of drug-likeness (QED) is 0.161. The summed E-state index contributed by atoms with van der Waals surface area (Å²) in [6.45, 7) is 32.0. The molecule has 0 saturated heterocycles. The molecule has 2 aromatic heterocycles. The van der Waals surface area contributed by atoms with Crippen LogP contribution in [0.1, 0.15) is 121 Å². The minimum atomic E-state index is -0.476. The predicted molar refractivity (Wildman–Crippen MR) is 249 cm³/mol. The van der Waals surface area contributed by atoms with Gasteiger partial charge < -0.3 is 19.4 Å². The van der Waals surface area contributed by atoms with E-state index in [0.29, 0.717) is 0 Å². The Bertz CT molecular complexity index is 2910. The summed E-state index contributed by atoms with van der Waals surface area (Å²) >= 11 is 0. The molecule has 0 amide bonds. The van der Waals surface area contributed by atoms with Crippen molar-refractivity contribution < 1.29 is 21.1 Å². The number of aliphatic imine (C=N–C) groups is 1. The molecule has 7 aromatic rings. The average Bonchev–Trinajstić information content (AvgIpc) is 3.72. The van der Waals surface area contributed by atoms with E-state index in [1.165, 1.54) is 77.7 Å². The number of hydrogen-bond acceptors (Lipinski definition) is 3. The first kappa shape index (κ1) is 41.9. The van der Waals surface area contributed by atoms with Gasteiger partial charge in [-0.25, -0.2) is 0 Å². The molecule has 0 bridgehead atoms. The monoisotopic (exact) mass is 969 g/mol. The average molecular weight is 970 g/mol. The fourth-order valence-electron chi connectivity index (χ4n) is 10.1. The molecule has 1 aliphatic carbocycles. The zero-order chi connectivity index (χ0) is 42.1. The second-order valence-electron chi connectivity index (χ2n) is 19.5. The molecule has 4 nitrogen and oxygen atoms in total. The van der Waals surface area contributed by atoms with Crippen molar-refractivity contribution in [2.75, 3.05) is 4.90 Å². The molecule has 308 valence electrons. The number of anilines is 1. The zero-order valence-corrected chi connectivity index (χ0v) is 40.2. The van der Waals surface area contributed by atoms with Crippen LogP contribution in [0, 0.1) is 60.6 Å². The molecular weight excluding hydrogens is 912 g/mol. The van der Waals surface area contributed by atoms with Gasteiger partial charge in [-0.3, -0.25) is 0 Å². The summed E-state index contributed by atoms with van der Waals surface area (Å²) in [7, 11) is 0. The van der Waals surface area contributed by atoms with Crippen molar-refractivity contribution in [1.82, 2.24) is 9.55 Å². The van der Waals surface area contributed by atoms with E-state index in [4.69, 9.17) is 9.98 Å². The second kappa shape index (κ2) is 14.4. The van der Waals surface area contributed by atoms with Gasteiger partial charge in [-0.1, -0.05) is 82.0 Å². The number of nitrogens with zero attached hydrogens (tertiary/aromatic N) is 4. The van der Waals surface area contributed by atoms with E-state index in [1.807, 2.05) is 6.20 Å². The van der Waals surface area contributed by atoms with Crippen LogP contribution in [0.5, 0.6) is 0 Å². The third kappa shape index (κ3) is 6.18. The molecule has 0 radical (unpaired) electrons. The van der Waals surface area contributed by atoms with Gasteiger partial charge in [-0.15, -0.1) is 53.1 Å². The first-order valence-electron chi connectivity index (χ1n) is 21.4. The van der Waals surface area contributed by atoms with Gasteiger partial charge in [0.2, 0.25) is 0 Å². The molecule has 3 heterocycles. The molecule has 1 aliphatic heterocycles. The maximum atomic E-state index is 5.96. The Morgan fingerprint density at radius 1 is 0.717 bits per heavy atom. The van der Waals surface area contributed by atoms with E-state index in [-0.39, 0.29) is 37.9 Å². The summed E-state index contributed by atoms with van der Waals surface area (Å²) in [5, 5.41) is 2.38. The minimum Gasteiger partial charge on any atom is -0.357 e. The van der Waals surface area contributed by atoms with E-state index in [9.17, 15) is 0 Å². The standard InChI is InChI=1S/C55H58N4.Pt/c1-31(2)40-25-41(52-57-55(14)47-19-16-33(4)36(7)46(47)30-54(55,13)59(52)51-37(8)34(5)24-35(6)38(51)9)27-43(26-40)58-49-20-15-32(3)23-45(49)44-18-17-39(28-50(44)58)48-29-42(21-22-56-48)53(10,11)12;/h15-26,29,31H,30H2,1-14H3;/q-2;+2/t54-,55+;/m0./s1. The maximum Gasteiger partial charge on any atom is 2.00 e. The molecule has 0 fully saturated rings. The van der Waals surface area contributed by atoms with Crippen LogP contribution in [-0.4, -0.2) is 20.9 Å². The van der Waals surface area contributed by atoms with Crippen molar-refractivity contribution in [1.29, 1.82) is 0 Å². The molecule has 0 spiro atoms. The Labute approximate surface area is 372 Å². The minimum absolute atomic E-state index is 0. The summed E-state index contributed by atoms with van der Waals surface area (Å²) in [6.07, 6.45) is 2.85. The number of fused-ring (bicyclic) bond motifs is 6. The third-order valence-electron chi connectivity index (χ3n) is 14.3. The molecule has 9 rings (SSSR count). The van der Waals surface area contributed by atoms with Crippen LogP contribution in [0.15, 0.2) is 84.0 Å². The van der Waals surface area contributed by atoms with Gasteiger partial charge in [0.1, 0.15) is 0 Å². The smallest absolute Gasteiger partial charge is 0.357 e. The molecule has 5 heteroatoms. The topological polar surface area (TPSA) is 33.4 Å². The summed E-state index contributed by atoms with van der Waals surface area (Å²) < 4.78 is 2.38. The Morgan fingerprint density at radius 2 is 1.43 bits per heavy atom. The Kier molecular flexibility index (Phi) is 10.1. The molecule has 2 aliphatic rings. The molecule has 60 heavy (non-hydrogen) atoms. The van der Waals surface area contributed by atoms with E-state index in [0.717, 1.165) is 45.8 Å². The van der Waals surface area contributed by atoms with Crippen molar-refractivity contribution in [3.63, 3.8) is 0 Å². The van der Waals surface area contributed by atoms with Crippen molar-refractivity contribution in [2.24, 2.45) is 4.99 Å². The number of benzene rings is 5. The van der Waals surface area contributed by atoms with E-state index >= 15 is 0 Å². The summed E-state index contributed by atoms with van der Waals surface area (Å²) in [4.78, 5) is 13.5. The van der Waals surface area contributed by atoms with Gasteiger partial charge in [0.15, 0.2) is 0 Å². The van der Waals surface area contributed by atoms with Gasteiger partial charge in [0, 0.05) is 17.4 Å². The largest absolute Gasteiger partial charge is 2.00 e. The van der Waals surface area contributed by atoms with Crippen molar-refractivity contribution in [2.45, 2.75) is 126 Å². The van der Waals surface area contributed by atoms with Crippen LogP contribution < -0.4 is 4.90 Å². The van der Waals surface area contributed by atoms with Crippen LogP contribution in [0.4, 0.5) is 5.69 Å². The van der Waals surface area contributed by atoms with Gasteiger partial charge in [0.25, 0.3) is 0 Å². The third-order valence-corrected chi connectivity index (χ3v) is 14.3. The Balaban J connectivity index is 0.00000499. The first-order valence-corrected chi connectivity index (χ1v) is 21.4. The van der Waals surface area contributed by atoms with E-state index in [1.54, 1.807) is 0 Å². The normalized spacial score (nSPS) is 18.6. The summed E-state index contributed by atoms with van der Waals surface area (Å²) in [5.74, 6) is 1.27. The SMILES string of the molecule is Cc1ccc2c(c1)c1ccc(-c3cc(C(C)(C)C)ccn3)[c-]c1n2-c1[c-]c(C2=N[C@]3(C)c4ccc(C)c(C)c4C[C@]3(C)N2c2c(C)c(C)cc(C)c2C)cc(C(C)C)c1.[Pt+2].